The quantitative estimate of drug-likeness (QED) is 0.795. The molecule has 2 rings (SSSR count). The molecular weight excluding hydrogens is 210 g/mol. The molecule has 3 nitrogen and oxygen atoms in total. The molecule has 0 bridgehead atoms. The van der Waals surface area contributed by atoms with Crippen LogP contribution in [0.15, 0.2) is 0 Å². The van der Waals surface area contributed by atoms with E-state index >= 15 is 0 Å². The van der Waals surface area contributed by atoms with Crippen LogP contribution < -0.4 is 5.73 Å². The van der Waals surface area contributed by atoms with Crippen molar-refractivity contribution in [2.24, 2.45) is 5.73 Å². The molecule has 2 N–H and O–H groups in total. The first-order valence-electron chi connectivity index (χ1n) is 7.21. The van der Waals surface area contributed by atoms with Crippen LogP contribution in [0.2, 0.25) is 0 Å². The zero-order valence-corrected chi connectivity index (χ0v) is 11.8. The minimum Gasteiger partial charge on any atom is -0.329 e. The molecule has 1 saturated heterocycles. The lowest BCUT2D eigenvalue weighted by atomic mass is 9.93. The molecular formula is C14H29N3. The van der Waals surface area contributed by atoms with Gasteiger partial charge in [0, 0.05) is 30.7 Å². The maximum absolute atomic E-state index is 6.05. The van der Waals surface area contributed by atoms with Gasteiger partial charge in [-0.05, 0) is 46.7 Å². The third kappa shape index (κ3) is 2.83. The predicted octanol–water partition coefficient (Wildman–Crippen LogP) is 1.67. The highest BCUT2D eigenvalue weighted by molar-refractivity contribution is 4.96. The molecule has 0 spiro atoms. The Hall–Kier alpha value is -0.120. The summed E-state index contributed by atoms with van der Waals surface area (Å²) in [5.41, 5.74) is 6.36. The third-order valence-electron chi connectivity index (χ3n) is 4.71. The first-order valence-corrected chi connectivity index (χ1v) is 7.21. The Labute approximate surface area is 106 Å². The predicted molar refractivity (Wildman–Crippen MR) is 73.1 cm³/mol. The van der Waals surface area contributed by atoms with Gasteiger partial charge in [-0.25, -0.2) is 0 Å². The normalized spacial score (nSPS) is 32.8. The van der Waals surface area contributed by atoms with Crippen LogP contribution in [0.1, 0.15) is 46.0 Å². The summed E-state index contributed by atoms with van der Waals surface area (Å²) in [5, 5.41) is 0. The summed E-state index contributed by atoms with van der Waals surface area (Å²) < 4.78 is 0. The summed E-state index contributed by atoms with van der Waals surface area (Å²) in [4.78, 5) is 5.22. The van der Waals surface area contributed by atoms with E-state index < -0.39 is 0 Å². The maximum atomic E-state index is 6.05. The van der Waals surface area contributed by atoms with Crippen molar-refractivity contribution >= 4 is 0 Å². The van der Waals surface area contributed by atoms with Gasteiger partial charge in [0.2, 0.25) is 0 Å². The van der Waals surface area contributed by atoms with Gasteiger partial charge in [-0.2, -0.15) is 0 Å². The second-order valence-electron chi connectivity index (χ2n) is 6.56. The fraction of sp³-hybridized carbons (Fsp3) is 1.00. The van der Waals surface area contributed by atoms with Crippen molar-refractivity contribution in [2.45, 2.75) is 63.6 Å². The summed E-state index contributed by atoms with van der Waals surface area (Å²) in [6.45, 7) is 7.95. The van der Waals surface area contributed by atoms with Crippen molar-refractivity contribution in [3.05, 3.63) is 0 Å². The maximum Gasteiger partial charge on any atom is 0.0353 e. The van der Waals surface area contributed by atoms with E-state index in [0.717, 1.165) is 19.1 Å². The van der Waals surface area contributed by atoms with Crippen LogP contribution >= 0.6 is 0 Å². The largest absolute Gasteiger partial charge is 0.329 e. The van der Waals surface area contributed by atoms with Gasteiger partial charge in [-0.15, -0.1) is 0 Å². The van der Waals surface area contributed by atoms with Crippen molar-refractivity contribution in [1.29, 1.82) is 0 Å². The molecule has 1 saturated carbocycles. The summed E-state index contributed by atoms with van der Waals surface area (Å²) in [5.74, 6) is 0. The molecule has 100 valence electrons. The molecule has 2 fully saturated rings. The van der Waals surface area contributed by atoms with E-state index in [1.54, 1.807) is 0 Å². The molecule has 1 atom stereocenters. The molecule has 17 heavy (non-hydrogen) atoms. The molecule has 0 aromatic rings. The zero-order valence-electron chi connectivity index (χ0n) is 11.8. The third-order valence-corrected chi connectivity index (χ3v) is 4.71. The number of hydrogen-bond acceptors (Lipinski definition) is 3. The molecule has 1 heterocycles. The molecule has 1 aliphatic heterocycles. The molecule has 1 unspecified atom stereocenters. The van der Waals surface area contributed by atoms with E-state index in [-0.39, 0.29) is 0 Å². The molecule has 0 amide bonds. The number of likely N-dealkylation sites (N-methyl/N-ethyl adjacent to an activating group) is 1. The van der Waals surface area contributed by atoms with Crippen LogP contribution in [-0.4, -0.2) is 54.1 Å². The number of nitrogens with two attached hydrogens (primary N) is 1. The van der Waals surface area contributed by atoms with Gasteiger partial charge < -0.3 is 10.6 Å². The Morgan fingerprint density at radius 1 is 1.24 bits per heavy atom. The van der Waals surface area contributed by atoms with Gasteiger partial charge in [0.1, 0.15) is 0 Å². The Bertz CT molecular complexity index is 246. The molecule has 1 aliphatic carbocycles. The van der Waals surface area contributed by atoms with Crippen LogP contribution in [0.4, 0.5) is 0 Å². The lowest BCUT2D eigenvalue weighted by molar-refractivity contribution is 0.0339. The molecule has 0 radical (unpaired) electrons. The minimum atomic E-state index is 0.309. The summed E-state index contributed by atoms with van der Waals surface area (Å²) in [7, 11) is 2.23. The summed E-state index contributed by atoms with van der Waals surface area (Å²) in [6.07, 6.45) is 6.83. The second-order valence-corrected chi connectivity index (χ2v) is 6.56. The standard InChI is InChI=1S/C14H29N3/c1-14(2)8-9-16(3)11-13(10-15)17(14)12-6-4-5-7-12/h12-13H,4-11,15H2,1-3H3. The van der Waals surface area contributed by atoms with Gasteiger partial charge in [0.15, 0.2) is 0 Å². The Kier molecular flexibility index (Phi) is 4.11. The van der Waals surface area contributed by atoms with E-state index in [4.69, 9.17) is 5.73 Å². The molecule has 3 heteroatoms. The number of nitrogens with zero attached hydrogens (tertiary/aromatic N) is 2. The van der Waals surface area contributed by atoms with Crippen molar-refractivity contribution < 1.29 is 0 Å². The van der Waals surface area contributed by atoms with Crippen LogP contribution in [0.3, 0.4) is 0 Å². The van der Waals surface area contributed by atoms with Crippen LogP contribution in [0, 0.1) is 0 Å². The fourth-order valence-corrected chi connectivity index (χ4v) is 3.79. The number of hydrogen-bond donors (Lipinski definition) is 1. The average molecular weight is 239 g/mol. The van der Waals surface area contributed by atoms with Crippen molar-refractivity contribution in [3.63, 3.8) is 0 Å². The monoisotopic (exact) mass is 239 g/mol. The lowest BCUT2D eigenvalue weighted by Crippen LogP contribution is -2.57. The molecule has 2 aliphatic rings. The highest BCUT2D eigenvalue weighted by atomic mass is 15.3. The van der Waals surface area contributed by atoms with Gasteiger partial charge in [-0.1, -0.05) is 12.8 Å². The van der Waals surface area contributed by atoms with Gasteiger partial charge >= 0.3 is 0 Å². The highest BCUT2D eigenvalue weighted by Crippen LogP contribution is 2.34. The summed E-state index contributed by atoms with van der Waals surface area (Å²) in [6, 6.07) is 1.32. The molecule has 0 aromatic heterocycles. The van der Waals surface area contributed by atoms with Crippen molar-refractivity contribution in [1.82, 2.24) is 9.80 Å². The van der Waals surface area contributed by atoms with Crippen molar-refractivity contribution in [3.8, 4) is 0 Å². The van der Waals surface area contributed by atoms with E-state index in [0.29, 0.717) is 11.6 Å². The zero-order chi connectivity index (χ0) is 12.5. The van der Waals surface area contributed by atoms with Gasteiger partial charge in [-0.3, -0.25) is 4.90 Å². The Balaban J connectivity index is 2.19. The second kappa shape index (κ2) is 5.25. The first kappa shape index (κ1) is 13.3. The van der Waals surface area contributed by atoms with E-state index in [1.807, 2.05) is 0 Å². The van der Waals surface area contributed by atoms with E-state index in [2.05, 4.69) is 30.7 Å². The van der Waals surface area contributed by atoms with Crippen molar-refractivity contribution in [2.75, 3.05) is 26.7 Å². The lowest BCUT2D eigenvalue weighted by Gasteiger charge is -2.45. The summed E-state index contributed by atoms with van der Waals surface area (Å²) >= 11 is 0. The fourth-order valence-electron chi connectivity index (χ4n) is 3.79. The van der Waals surface area contributed by atoms with Crippen LogP contribution in [0.5, 0.6) is 0 Å². The van der Waals surface area contributed by atoms with Crippen LogP contribution in [0.25, 0.3) is 0 Å². The Morgan fingerprint density at radius 3 is 2.47 bits per heavy atom. The van der Waals surface area contributed by atoms with Gasteiger partial charge in [0.05, 0.1) is 0 Å². The Morgan fingerprint density at radius 2 is 1.88 bits per heavy atom. The minimum absolute atomic E-state index is 0.309. The SMILES string of the molecule is CN1CCC(C)(C)N(C2CCCC2)C(CN)C1. The first-order chi connectivity index (χ1) is 8.04. The smallest absolute Gasteiger partial charge is 0.0353 e. The average Bonchev–Trinajstić information content (AvgIpc) is 2.75. The molecule has 0 aromatic carbocycles. The van der Waals surface area contributed by atoms with E-state index in [1.165, 1.54) is 38.6 Å². The topological polar surface area (TPSA) is 32.5 Å². The highest BCUT2D eigenvalue weighted by Gasteiger charge is 2.40. The number of rotatable bonds is 2. The van der Waals surface area contributed by atoms with Gasteiger partial charge in [0.25, 0.3) is 0 Å². The van der Waals surface area contributed by atoms with E-state index in [9.17, 15) is 0 Å². The van der Waals surface area contributed by atoms with Crippen LogP contribution in [-0.2, 0) is 0 Å².